The van der Waals surface area contributed by atoms with Crippen LogP contribution in [0.1, 0.15) is 22.9 Å². The van der Waals surface area contributed by atoms with Crippen LogP contribution in [0.5, 0.6) is 0 Å². The third-order valence-electron chi connectivity index (χ3n) is 3.70. The van der Waals surface area contributed by atoms with Gasteiger partial charge in [0.25, 0.3) is 0 Å². The third-order valence-corrected chi connectivity index (χ3v) is 3.70. The first kappa shape index (κ1) is 15.8. The van der Waals surface area contributed by atoms with Crippen molar-refractivity contribution in [3.05, 3.63) is 71.4 Å². The lowest BCUT2D eigenvalue weighted by atomic mass is 10.3. The van der Waals surface area contributed by atoms with Gasteiger partial charge in [-0.15, -0.1) is 0 Å². The predicted molar refractivity (Wildman–Crippen MR) is 94.1 cm³/mol. The van der Waals surface area contributed by atoms with E-state index in [-0.39, 0.29) is 5.91 Å². The first-order valence-corrected chi connectivity index (χ1v) is 7.72. The van der Waals surface area contributed by atoms with Crippen molar-refractivity contribution in [3.8, 4) is 5.69 Å². The highest BCUT2D eigenvalue weighted by atomic mass is 16.3. The number of rotatable bonds is 4. The van der Waals surface area contributed by atoms with E-state index in [0.29, 0.717) is 5.76 Å². The van der Waals surface area contributed by atoms with Crippen molar-refractivity contribution >= 4 is 17.7 Å². The van der Waals surface area contributed by atoms with E-state index >= 15 is 0 Å². The second-order valence-electron chi connectivity index (χ2n) is 5.56. The summed E-state index contributed by atoms with van der Waals surface area (Å²) in [5, 5.41) is 7.41. The number of hydrogen-bond acceptors (Lipinski definition) is 3. The van der Waals surface area contributed by atoms with E-state index in [1.807, 2.05) is 67.9 Å². The monoisotopic (exact) mass is 321 g/mol. The fraction of sp³-hybridized carbons (Fsp3) is 0.158. The normalized spacial score (nSPS) is 11.1. The summed E-state index contributed by atoms with van der Waals surface area (Å²) in [6, 6.07) is 13.5. The summed E-state index contributed by atoms with van der Waals surface area (Å²) in [5.41, 5.74) is 3.34. The molecule has 0 fully saturated rings. The van der Waals surface area contributed by atoms with Crippen molar-refractivity contribution in [3.63, 3.8) is 0 Å². The Morgan fingerprint density at radius 2 is 1.88 bits per heavy atom. The number of hydrogen-bond donors (Lipinski definition) is 1. The van der Waals surface area contributed by atoms with Gasteiger partial charge in [0, 0.05) is 6.08 Å². The van der Waals surface area contributed by atoms with Crippen LogP contribution in [-0.2, 0) is 4.79 Å². The van der Waals surface area contributed by atoms with Gasteiger partial charge in [0.15, 0.2) is 0 Å². The molecule has 0 aliphatic carbocycles. The fourth-order valence-corrected chi connectivity index (χ4v) is 2.51. The molecule has 0 saturated heterocycles. The molecular formula is C19H19N3O2. The Hall–Kier alpha value is -3.08. The molecular weight excluding hydrogens is 302 g/mol. The lowest BCUT2D eigenvalue weighted by Gasteiger charge is -2.05. The summed E-state index contributed by atoms with van der Waals surface area (Å²) in [4.78, 5) is 12.2. The topological polar surface area (TPSA) is 60.1 Å². The maximum atomic E-state index is 12.2. The highest BCUT2D eigenvalue weighted by molar-refractivity contribution is 6.02. The van der Waals surface area contributed by atoms with E-state index in [2.05, 4.69) is 10.4 Å². The zero-order valence-electron chi connectivity index (χ0n) is 13.9. The first-order valence-electron chi connectivity index (χ1n) is 7.72. The second kappa shape index (κ2) is 6.58. The summed E-state index contributed by atoms with van der Waals surface area (Å²) in [6.45, 7) is 5.67. The van der Waals surface area contributed by atoms with E-state index in [1.165, 1.54) is 6.08 Å². The predicted octanol–water partition coefficient (Wildman–Crippen LogP) is 4.04. The highest BCUT2D eigenvalue weighted by Gasteiger charge is 2.14. The summed E-state index contributed by atoms with van der Waals surface area (Å²) in [7, 11) is 0. The second-order valence-corrected chi connectivity index (χ2v) is 5.56. The van der Waals surface area contributed by atoms with Crippen LogP contribution in [-0.4, -0.2) is 15.7 Å². The fourth-order valence-electron chi connectivity index (χ4n) is 2.51. The number of aryl methyl sites for hydroxylation is 2. The van der Waals surface area contributed by atoms with Gasteiger partial charge in [-0.25, -0.2) is 4.68 Å². The van der Waals surface area contributed by atoms with Crippen LogP contribution in [0.3, 0.4) is 0 Å². The standard InChI is InChI=1S/C19H19N3O2/c1-13-9-10-17(24-13)11-12-18(23)20-19-14(2)21-22(15(19)3)16-7-5-4-6-8-16/h4-12H,1-3H3,(H,20,23)/b12-11+. The SMILES string of the molecule is Cc1ccc(/C=C/C(=O)Nc2c(C)nn(-c3ccccc3)c2C)o1. The molecule has 122 valence electrons. The van der Waals surface area contributed by atoms with E-state index < -0.39 is 0 Å². The van der Waals surface area contributed by atoms with E-state index in [4.69, 9.17) is 4.42 Å². The van der Waals surface area contributed by atoms with Gasteiger partial charge >= 0.3 is 0 Å². The molecule has 0 spiro atoms. The number of para-hydroxylation sites is 1. The molecule has 3 aromatic rings. The molecule has 5 nitrogen and oxygen atoms in total. The summed E-state index contributed by atoms with van der Waals surface area (Å²) in [6.07, 6.45) is 3.10. The average molecular weight is 321 g/mol. The molecule has 1 amide bonds. The number of furan rings is 1. The van der Waals surface area contributed by atoms with Crippen molar-refractivity contribution in [2.45, 2.75) is 20.8 Å². The molecule has 0 saturated carbocycles. The molecule has 0 atom stereocenters. The molecule has 0 bridgehead atoms. The molecule has 1 N–H and O–H groups in total. The lowest BCUT2D eigenvalue weighted by molar-refractivity contribution is -0.111. The molecule has 24 heavy (non-hydrogen) atoms. The van der Waals surface area contributed by atoms with Crippen molar-refractivity contribution < 1.29 is 9.21 Å². The average Bonchev–Trinajstić information content (AvgIpc) is 3.12. The van der Waals surface area contributed by atoms with Crippen LogP contribution in [0.2, 0.25) is 0 Å². The zero-order chi connectivity index (χ0) is 17.1. The number of carbonyl (C=O) groups is 1. The maximum Gasteiger partial charge on any atom is 0.248 e. The minimum atomic E-state index is -0.220. The zero-order valence-corrected chi connectivity index (χ0v) is 13.9. The minimum Gasteiger partial charge on any atom is -0.462 e. The molecule has 2 heterocycles. The van der Waals surface area contributed by atoms with Gasteiger partial charge in [0.1, 0.15) is 11.5 Å². The number of nitrogens with one attached hydrogen (secondary N) is 1. The van der Waals surface area contributed by atoms with Crippen molar-refractivity contribution in [2.24, 2.45) is 0 Å². The Labute approximate surface area is 140 Å². The number of amides is 1. The molecule has 0 aliphatic heterocycles. The van der Waals surface area contributed by atoms with Crippen LogP contribution in [0.25, 0.3) is 11.8 Å². The molecule has 3 rings (SSSR count). The molecule has 0 unspecified atom stereocenters. The summed E-state index contributed by atoms with van der Waals surface area (Å²) in [5.74, 6) is 1.24. The van der Waals surface area contributed by atoms with Gasteiger partial charge in [-0.05, 0) is 51.1 Å². The smallest absolute Gasteiger partial charge is 0.248 e. The van der Waals surface area contributed by atoms with Gasteiger partial charge in [-0.3, -0.25) is 4.79 Å². The summed E-state index contributed by atoms with van der Waals surface area (Å²) >= 11 is 0. The summed E-state index contributed by atoms with van der Waals surface area (Å²) < 4.78 is 7.23. The Morgan fingerprint density at radius 1 is 1.12 bits per heavy atom. The van der Waals surface area contributed by atoms with Crippen molar-refractivity contribution in [1.29, 1.82) is 0 Å². The van der Waals surface area contributed by atoms with E-state index in [1.54, 1.807) is 6.08 Å². The molecule has 1 aromatic carbocycles. The molecule has 0 radical (unpaired) electrons. The highest BCUT2D eigenvalue weighted by Crippen LogP contribution is 2.22. The molecule has 5 heteroatoms. The Balaban J connectivity index is 1.79. The van der Waals surface area contributed by atoms with Gasteiger partial charge in [0.05, 0.1) is 22.8 Å². The first-order chi connectivity index (χ1) is 11.5. The van der Waals surface area contributed by atoms with Crippen molar-refractivity contribution in [2.75, 3.05) is 5.32 Å². The van der Waals surface area contributed by atoms with E-state index in [0.717, 1.165) is 28.5 Å². The van der Waals surface area contributed by atoms with Crippen LogP contribution in [0.4, 0.5) is 5.69 Å². The quantitative estimate of drug-likeness (QED) is 0.738. The number of nitrogens with zero attached hydrogens (tertiary/aromatic N) is 2. The minimum absolute atomic E-state index is 0.220. The Bertz CT molecular complexity index is 889. The Morgan fingerprint density at radius 3 is 2.54 bits per heavy atom. The van der Waals surface area contributed by atoms with Crippen LogP contribution < -0.4 is 5.32 Å². The van der Waals surface area contributed by atoms with E-state index in [9.17, 15) is 4.79 Å². The van der Waals surface area contributed by atoms with Crippen LogP contribution in [0.15, 0.2) is 53.0 Å². The van der Waals surface area contributed by atoms with Gasteiger partial charge in [0.2, 0.25) is 5.91 Å². The van der Waals surface area contributed by atoms with Gasteiger partial charge in [-0.1, -0.05) is 18.2 Å². The third kappa shape index (κ3) is 3.30. The number of carbonyl (C=O) groups excluding carboxylic acids is 1. The van der Waals surface area contributed by atoms with Crippen LogP contribution >= 0.6 is 0 Å². The number of benzene rings is 1. The maximum absolute atomic E-state index is 12.2. The van der Waals surface area contributed by atoms with Gasteiger partial charge in [-0.2, -0.15) is 5.10 Å². The number of anilines is 1. The Kier molecular flexibility index (Phi) is 4.33. The van der Waals surface area contributed by atoms with Crippen molar-refractivity contribution in [1.82, 2.24) is 9.78 Å². The van der Waals surface area contributed by atoms with Gasteiger partial charge < -0.3 is 9.73 Å². The lowest BCUT2D eigenvalue weighted by Crippen LogP contribution is -2.09. The van der Waals surface area contributed by atoms with Crippen LogP contribution in [0, 0.1) is 20.8 Å². The largest absolute Gasteiger partial charge is 0.462 e. The number of aromatic nitrogens is 2. The molecule has 0 aliphatic rings. The molecule has 2 aromatic heterocycles.